The normalized spacial score (nSPS) is 15.2. The third kappa shape index (κ3) is 4.41. The molecule has 176 valence electrons. The van der Waals surface area contributed by atoms with E-state index in [9.17, 15) is 18.7 Å². The maximum Gasteiger partial charge on any atom is 0.264 e. The molecule has 8 heteroatoms. The van der Waals surface area contributed by atoms with Gasteiger partial charge < -0.3 is 24.8 Å². The summed E-state index contributed by atoms with van der Waals surface area (Å²) in [5.41, 5.74) is 3.23. The highest BCUT2D eigenvalue weighted by molar-refractivity contribution is 6.00. The number of aromatic hydroxyl groups is 1. The number of phenolic OH excluding ortho intramolecular Hbond substituents is 1. The van der Waals surface area contributed by atoms with Gasteiger partial charge in [0, 0.05) is 24.3 Å². The number of halogens is 2. The maximum absolute atomic E-state index is 13.5. The average Bonchev–Trinajstić information content (AvgIpc) is 3.25. The molecule has 3 aromatic rings. The fourth-order valence-corrected chi connectivity index (χ4v) is 4.21. The number of rotatable bonds is 7. The van der Waals surface area contributed by atoms with Crippen molar-refractivity contribution >= 4 is 11.6 Å². The molecule has 6 nitrogen and oxygen atoms in total. The van der Waals surface area contributed by atoms with E-state index in [1.807, 2.05) is 48.5 Å². The van der Waals surface area contributed by atoms with Crippen LogP contribution in [0, 0.1) is 0 Å². The number of phenols is 1. The standard InChI is InChI=1S/C26H24F2N2O4/c27-25(28)18-9-22(31)24(23(10-18)34-13-16-5-2-1-3-6-16)26(32)30-11-17-7-4-8-21(20(17)12-30)29-19-14-33-15-19/h1-10,19,25,29,31H,11-15H2. The van der Waals surface area contributed by atoms with E-state index in [1.54, 1.807) is 4.90 Å². The number of hydrogen-bond acceptors (Lipinski definition) is 5. The van der Waals surface area contributed by atoms with Gasteiger partial charge in [-0.3, -0.25) is 4.79 Å². The summed E-state index contributed by atoms with van der Waals surface area (Å²) in [7, 11) is 0. The van der Waals surface area contributed by atoms with E-state index in [2.05, 4.69) is 5.32 Å². The number of amides is 1. The van der Waals surface area contributed by atoms with E-state index in [0.29, 0.717) is 26.3 Å². The van der Waals surface area contributed by atoms with Gasteiger partial charge in [-0.15, -0.1) is 0 Å². The summed E-state index contributed by atoms with van der Waals surface area (Å²) in [6.07, 6.45) is -2.81. The summed E-state index contributed by atoms with van der Waals surface area (Å²) in [5.74, 6) is -1.06. The molecule has 0 saturated carbocycles. The molecule has 2 aliphatic rings. The van der Waals surface area contributed by atoms with Gasteiger partial charge in [0.05, 0.1) is 19.3 Å². The van der Waals surface area contributed by atoms with Crippen LogP contribution in [0.3, 0.4) is 0 Å². The molecule has 2 aliphatic heterocycles. The van der Waals surface area contributed by atoms with Crippen molar-refractivity contribution in [2.45, 2.75) is 32.2 Å². The van der Waals surface area contributed by atoms with Crippen molar-refractivity contribution in [2.24, 2.45) is 0 Å². The van der Waals surface area contributed by atoms with E-state index >= 15 is 0 Å². The first kappa shape index (κ1) is 22.2. The minimum absolute atomic E-state index is 0.0647. The summed E-state index contributed by atoms with van der Waals surface area (Å²) < 4.78 is 37.8. The second-order valence-corrected chi connectivity index (χ2v) is 8.47. The molecule has 0 unspecified atom stereocenters. The van der Waals surface area contributed by atoms with Crippen molar-refractivity contribution in [1.29, 1.82) is 0 Å². The summed E-state index contributed by atoms with van der Waals surface area (Å²) in [5, 5.41) is 14.0. The second kappa shape index (κ2) is 9.30. The van der Waals surface area contributed by atoms with Crippen LogP contribution in [0.25, 0.3) is 0 Å². The number of anilines is 1. The number of hydrogen-bond donors (Lipinski definition) is 2. The Morgan fingerprint density at radius 3 is 2.62 bits per heavy atom. The van der Waals surface area contributed by atoms with Gasteiger partial charge in [0.1, 0.15) is 23.7 Å². The Morgan fingerprint density at radius 1 is 1.12 bits per heavy atom. The minimum atomic E-state index is -2.81. The Bertz CT molecular complexity index is 1200. The Hall–Kier alpha value is -3.65. The number of carbonyl (C=O) groups excluding carboxylic acids is 1. The summed E-state index contributed by atoms with van der Waals surface area (Å²) in [6.45, 7) is 2.03. The summed E-state index contributed by atoms with van der Waals surface area (Å²) in [4.78, 5) is 15.1. The molecule has 0 spiro atoms. The Labute approximate surface area is 195 Å². The van der Waals surface area contributed by atoms with E-state index in [0.717, 1.165) is 34.5 Å². The molecule has 0 bridgehead atoms. The molecule has 1 fully saturated rings. The van der Waals surface area contributed by atoms with Crippen molar-refractivity contribution in [2.75, 3.05) is 18.5 Å². The van der Waals surface area contributed by atoms with Crippen LogP contribution in [0.4, 0.5) is 14.5 Å². The van der Waals surface area contributed by atoms with E-state index in [-0.39, 0.29) is 24.0 Å². The van der Waals surface area contributed by atoms with Crippen LogP contribution in [0.1, 0.15) is 39.0 Å². The first-order chi connectivity index (χ1) is 16.5. The number of ether oxygens (including phenoxy) is 2. The quantitative estimate of drug-likeness (QED) is 0.520. The highest BCUT2D eigenvalue weighted by Crippen LogP contribution is 2.38. The molecule has 2 heterocycles. The first-order valence-corrected chi connectivity index (χ1v) is 11.1. The topological polar surface area (TPSA) is 71.0 Å². The SMILES string of the molecule is O=C(c1c(O)cc(C(F)F)cc1OCc1ccccc1)N1Cc2cccc(NC3COC3)c2C1. The van der Waals surface area contributed by atoms with Crippen LogP contribution in [0.5, 0.6) is 11.5 Å². The largest absolute Gasteiger partial charge is 0.507 e. The molecular weight excluding hydrogens is 442 g/mol. The fourth-order valence-electron chi connectivity index (χ4n) is 4.21. The third-order valence-electron chi connectivity index (χ3n) is 6.07. The second-order valence-electron chi connectivity index (χ2n) is 8.47. The number of alkyl halides is 2. The van der Waals surface area contributed by atoms with Crippen molar-refractivity contribution in [3.8, 4) is 11.5 Å². The van der Waals surface area contributed by atoms with Crippen LogP contribution in [0.2, 0.25) is 0 Å². The maximum atomic E-state index is 13.5. The molecule has 0 radical (unpaired) electrons. The smallest absolute Gasteiger partial charge is 0.264 e. The highest BCUT2D eigenvalue weighted by Gasteiger charge is 2.31. The zero-order valence-corrected chi connectivity index (χ0v) is 18.3. The number of nitrogens with zero attached hydrogens (tertiary/aromatic N) is 1. The molecule has 3 aromatic carbocycles. The first-order valence-electron chi connectivity index (χ1n) is 11.1. The van der Waals surface area contributed by atoms with E-state index in [1.165, 1.54) is 0 Å². The molecule has 0 aliphatic carbocycles. The van der Waals surface area contributed by atoms with E-state index in [4.69, 9.17) is 9.47 Å². The van der Waals surface area contributed by atoms with Gasteiger partial charge >= 0.3 is 0 Å². The molecule has 2 N–H and O–H groups in total. The van der Waals surface area contributed by atoms with Crippen LogP contribution < -0.4 is 10.1 Å². The lowest BCUT2D eigenvalue weighted by Gasteiger charge is -2.28. The zero-order valence-electron chi connectivity index (χ0n) is 18.3. The molecule has 5 rings (SSSR count). The van der Waals surface area contributed by atoms with Crippen molar-refractivity contribution in [3.63, 3.8) is 0 Å². The molecule has 1 amide bonds. The average molecular weight is 466 g/mol. The van der Waals surface area contributed by atoms with Crippen molar-refractivity contribution in [1.82, 2.24) is 4.90 Å². The summed E-state index contributed by atoms with van der Waals surface area (Å²) >= 11 is 0. The Kier molecular flexibility index (Phi) is 6.06. The van der Waals surface area contributed by atoms with Crippen LogP contribution in [-0.4, -0.2) is 35.2 Å². The molecule has 0 atom stereocenters. The van der Waals surface area contributed by atoms with Crippen LogP contribution in [-0.2, 0) is 24.4 Å². The van der Waals surface area contributed by atoms with Gasteiger partial charge in [0.25, 0.3) is 12.3 Å². The number of carbonyl (C=O) groups is 1. The summed E-state index contributed by atoms with van der Waals surface area (Å²) in [6, 6.07) is 17.3. The van der Waals surface area contributed by atoms with E-state index < -0.39 is 23.6 Å². The van der Waals surface area contributed by atoms with Gasteiger partial charge in [-0.05, 0) is 34.9 Å². The zero-order chi connectivity index (χ0) is 23.7. The number of nitrogens with one attached hydrogen (secondary N) is 1. The van der Waals surface area contributed by atoms with Crippen molar-refractivity contribution < 1.29 is 28.2 Å². The lowest BCUT2D eigenvalue weighted by molar-refractivity contribution is 0.0210. The fraction of sp³-hybridized carbons (Fsp3) is 0.269. The molecular formula is C26H24F2N2O4. The Balaban J connectivity index is 1.41. The molecule has 0 aromatic heterocycles. The van der Waals surface area contributed by atoms with Crippen LogP contribution >= 0.6 is 0 Å². The van der Waals surface area contributed by atoms with Crippen molar-refractivity contribution in [3.05, 3.63) is 88.5 Å². The van der Waals surface area contributed by atoms with Crippen LogP contribution in [0.15, 0.2) is 60.7 Å². The van der Waals surface area contributed by atoms with Gasteiger partial charge in [-0.25, -0.2) is 8.78 Å². The monoisotopic (exact) mass is 466 g/mol. The van der Waals surface area contributed by atoms with Gasteiger partial charge in [0.2, 0.25) is 0 Å². The van der Waals surface area contributed by atoms with Gasteiger partial charge in [-0.2, -0.15) is 0 Å². The highest BCUT2D eigenvalue weighted by atomic mass is 19.3. The van der Waals surface area contributed by atoms with Gasteiger partial charge in [-0.1, -0.05) is 42.5 Å². The van der Waals surface area contributed by atoms with Gasteiger partial charge in [0.15, 0.2) is 0 Å². The lowest BCUT2D eigenvalue weighted by atomic mass is 10.1. The Morgan fingerprint density at radius 2 is 1.91 bits per heavy atom. The number of benzene rings is 3. The third-order valence-corrected chi connectivity index (χ3v) is 6.07. The molecule has 34 heavy (non-hydrogen) atoms. The predicted molar refractivity (Wildman–Crippen MR) is 122 cm³/mol. The lowest BCUT2D eigenvalue weighted by Crippen LogP contribution is -2.40. The predicted octanol–water partition coefficient (Wildman–Crippen LogP) is 4.88. The molecule has 1 saturated heterocycles. The number of fused-ring (bicyclic) bond motifs is 1. The minimum Gasteiger partial charge on any atom is -0.507 e.